The Kier molecular flexibility index (Phi) is 10.6. The number of methoxy groups -OCH3 is 2. The summed E-state index contributed by atoms with van der Waals surface area (Å²) >= 11 is 0. The fraction of sp³-hybridized carbons (Fsp3) is 1.00. The SMILES string of the molecule is CCP(COCOC)COCOC. The highest BCUT2D eigenvalue weighted by atomic mass is 31.1. The van der Waals surface area contributed by atoms with Crippen molar-refractivity contribution in [1.82, 2.24) is 0 Å². The Morgan fingerprint density at radius 2 is 1.38 bits per heavy atom. The molecule has 0 aromatic rings. The van der Waals surface area contributed by atoms with Crippen molar-refractivity contribution >= 4 is 7.92 Å². The molecule has 0 bridgehead atoms. The van der Waals surface area contributed by atoms with Crippen molar-refractivity contribution in [2.24, 2.45) is 0 Å². The van der Waals surface area contributed by atoms with Gasteiger partial charge in [0.25, 0.3) is 0 Å². The molecule has 0 fully saturated rings. The lowest BCUT2D eigenvalue weighted by atomic mass is 11.0. The fourth-order valence-corrected chi connectivity index (χ4v) is 1.82. The van der Waals surface area contributed by atoms with E-state index in [4.69, 9.17) is 18.9 Å². The van der Waals surface area contributed by atoms with Crippen LogP contribution in [0, 0.1) is 0 Å². The molecule has 0 heterocycles. The molecule has 0 amide bonds. The van der Waals surface area contributed by atoms with E-state index in [9.17, 15) is 0 Å². The molecule has 0 radical (unpaired) electrons. The summed E-state index contributed by atoms with van der Waals surface area (Å²) in [6, 6.07) is 0. The van der Waals surface area contributed by atoms with Gasteiger partial charge in [0.15, 0.2) is 0 Å². The minimum atomic E-state index is -0.186. The molecule has 0 saturated heterocycles. The lowest BCUT2D eigenvalue weighted by molar-refractivity contribution is -0.0192. The highest BCUT2D eigenvalue weighted by Gasteiger charge is 2.05. The summed E-state index contributed by atoms with van der Waals surface area (Å²) in [5, 5.41) is 0. The van der Waals surface area contributed by atoms with Crippen molar-refractivity contribution in [3.63, 3.8) is 0 Å². The number of hydrogen-bond donors (Lipinski definition) is 0. The van der Waals surface area contributed by atoms with Gasteiger partial charge in [0.05, 0.1) is 12.7 Å². The summed E-state index contributed by atoms with van der Waals surface area (Å²) in [6.07, 6.45) is 2.58. The Hall–Kier alpha value is 0.270. The summed E-state index contributed by atoms with van der Waals surface area (Å²) in [6.45, 7) is 2.87. The smallest absolute Gasteiger partial charge is 0.146 e. The molecule has 0 unspecified atom stereocenters. The molecule has 13 heavy (non-hydrogen) atoms. The van der Waals surface area contributed by atoms with Gasteiger partial charge in [0.1, 0.15) is 13.6 Å². The van der Waals surface area contributed by atoms with Crippen LogP contribution in [0.5, 0.6) is 0 Å². The molecule has 4 nitrogen and oxygen atoms in total. The normalized spacial score (nSPS) is 11.1. The van der Waals surface area contributed by atoms with E-state index in [2.05, 4.69) is 6.92 Å². The van der Waals surface area contributed by atoms with Crippen LogP contribution in [0.25, 0.3) is 0 Å². The molecule has 80 valence electrons. The topological polar surface area (TPSA) is 36.9 Å². The molecule has 0 aliphatic heterocycles. The highest BCUT2D eigenvalue weighted by molar-refractivity contribution is 7.57. The van der Waals surface area contributed by atoms with Gasteiger partial charge in [-0.25, -0.2) is 0 Å². The Morgan fingerprint density at radius 1 is 0.923 bits per heavy atom. The van der Waals surface area contributed by atoms with Crippen LogP contribution < -0.4 is 0 Å². The molecule has 0 N–H and O–H groups in total. The summed E-state index contributed by atoms with van der Waals surface area (Å²) < 4.78 is 20.1. The Bertz CT molecular complexity index is 92.1. The predicted molar refractivity (Wildman–Crippen MR) is 53.1 cm³/mol. The van der Waals surface area contributed by atoms with E-state index in [1.807, 2.05) is 0 Å². The maximum atomic E-state index is 5.25. The number of rotatable bonds is 9. The standard InChI is InChI=1S/C8H19O4P/c1-4-13(7-11-5-9-2)8-12-6-10-3/h4-8H2,1-3H3. The fourth-order valence-electron chi connectivity index (χ4n) is 0.719. The molecule has 0 aromatic heterocycles. The maximum absolute atomic E-state index is 5.25. The zero-order chi connectivity index (χ0) is 9.94. The summed E-state index contributed by atoms with van der Waals surface area (Å²) in [4.78, 5) is 0. The zero-order valence-corrected chi connectivity index (χ0v) is 9.51. The third kappa shape index (κ3) is 8.60. The van der Waals surface area contributed by atoms with Gasteiger partial charge in [-0.15, -0.1) is 0 Å². The van der Waals surface area contributed by atoms with Crippen molar-refractivity contribution in [2.45, 2.75) is 6.92 Å². The van der Waals surface area contributed by atoms with E-state index in [0.717, 1.165) is 18.9 Å². The second kappa shape index (κ2) is 10.4. The molecule has 0 atom stereocenters. The van der Waals surface area contributed by atoms with Gasteiger partial charge in [-0.1, -0.05) is 14.8 Å². The molecule has 0 aliphatic rings. The first-order valence-corrected chi connectivity index (χ1v) is 6.10. The average molecular weight is 210 g/mol. The van der Waals surface area contributed by atoms with Gasteiger partial charge in [0, 0.05) is 14.2 Å². The second-order valence-corrected chi connectivity index (χ2v) is 4.96. The van der Waals surface area contributed by atoms with E-state index in [1.54, 1.807) is 14.2 Å². The quantitative estimate of drug-likeness (QED) is 0.329. The van der Waals surface area contributed by atoms with Crippen molar-refractivity contribution in [3.8, 4) is 0 Å². The van der Waals surface area contributed by atoms with Crippen molar-refractivity contribution in [2.75, 3.05) is 46.7 Å². The Balaban J connectivity index is 3.28. The molecular weight excluding hydrogens is 191 g/mol. The Morgan fingerprint density at radius 3 is 1.69 bits per heavy atom. The summed E-state index contributed by atoms with van der Waals surface area (Å²) in [7, 11) is 3.06. The minimum absolute atomic E-state index is 0.186. The third-order valence-electron chi connectivity index (χ3n) is 1.40. The van der Waals surface area contributed by atoms with E-state index in [0.29, 0.717) is 13.6 Å². The van der Waals surface area contributed by atoms with Gasteiger partial charge in [-0.2, -0.15) is 0 Å². The third-order valence-corrected chi connectivity index (χ3v) is 3.39. The van der Waals surface area contributed by atoms with E-state index >= 15 is 0 Å². The van der Waals surface area contributed by atoms with Gasteiger partial charge in [-0.05, 0) is 6.16 Å². The minimum Gasteiger partial charge on any atom is -0.359 e. The molecule has 0 spiro atoms. The van der Waals surface area contributed by atoms with Crippen LogP contribution in [0.15, 0.2) is 0 Å². The van der Waals surface area contributed by atoms with E-state index in [1.165, 1.54) is 0 Å². The highest BCUT2D eigenvalue weighted by Crippen LogP contribution is 2.34. The van der Waals surface area contributed by atoms with Crippen LogP contribution >= 0.6 is 7.92 Å². The monoisotopic (exact) mass is 210 g/mol. The van der Waals surface area contributed by atoms with Crippen LogP contribution in [0.4, 0.5) is 0 Å². The van der Waals surface area contributed by atoms with Gasteiger partial charge in [0.2, 0.25) is 0 Å². The first kappa shape index (κ1) is 13.3. The summed E-state index contributed by atoms with van der Waals surface area (Å²) in [5.41, 5.74) is 0. The van der Waals surface area contributed by atoms with E-state index < -0.39 is 0 Å². The lowest BCUT2D eigenvalue weighted by Gasteiger charge is -2.15. The predicted octanol–water partition coefficient (Wildman–Crippen LogP) is 1.64. The lowest BCUT2D eigenvalue weighted by Crippen LogP contribution is -2.04. The van der Waals surface area contributed by atoms with Crippen LogP contribution in [0.3, 0.4) is 0 Å². The van der Waals surface area contributed by atoms with Crippen molar-refractivity contribution in [3.05, 3.63) is 0 Å². The maximum Gasteiger partial charge on any atom is 0.146 e. The molecular formula is C8H19O4P. The van der Waals surface area contributed by atoms with Crippen molar-refractivity contribution in [1.29, 1.82) is 0 Å². The number of hydrogen-bond acceptors (Lipinski definition) is 4. The van der Waals surface area contributed by atoms with Crippen molar-refractivity contribution < 1.29 is 18.9 Å². The average Bonchev–Trinajstić information content (AvgIpc) is 2.16. The zero-order valence-electron chi connectivity index (χ0n) is 8.62. The van der Waals surface area contributed by atoms with E-state index in [-0.39, 0.29) is 7.92 Å². The van der Waals surface area contributed by atoms with Gasteiger partial charge in [-0.3, -0.25) is 0 Å². The summed E-state index contributed by atoms with van der Waals surface area (Å²) in [5.74, 6) is 0. The van der Waals surface area contributed by atoms with Gasteiger partial charge < -0.3 is 18.9 Å². The second-order valence-electron chi connectivity index (χ2n) is 2.47. The largest absolute Gasteiger partial charge is 0.359 e. The van der Waals surface area contributed by atoms with Crippen LogP contribution in [-0.4, -0.2) is 46.7 Å². The molecule has 0 rings (SSSR count). The van der Waals surface area contributed by atoms with Gasteiger partial charge >= 0.3 is 0 Å². The molecule has 5 heteroatoms. The van der Waals surface area contributed by atoms with Crippen LogP contribution in [0.1, 0.15) is 6.92 Å². The van der Waals surface area contributed by atoms with Crippen LogP contribution in [-0.2, 0) is 18.9 Å². The molecule has 0 saturated carbocycles. The molecule has 0 aliphatic carbocycles. The number of ether oxygens (including phenoxy) is 4. The van der Waals surface area contributed by atoms with Crippen LogP contribution in [0.2, 0.25) is 0 Å². The first-order chi connectivity index (χ1) is 6.35. The first-order valence-electron chi connectivity index (χ1n) is 4.20. The molecule has 0 aromatic carbocycles. The Labute approximate surface area is 81.2 Å².